The lowest BCUT2D eigenvalue weighted by atomic mass is 9.93. The lowest BCUT2D eigenvalue weighted by molar-refractivity contribution is 0.281. The molecule has 0 aromatic heterocycles. The van der Waals surface area contributed by atoms with Crippen molar-refractivity contribution in [1.29, 1.82) is 0 Å². The van der Waals surface area contributed by atoms with Gasteiger partial charge in [-0.3, -0.25) is 4.79 Å². The van der Waals surface area contributed by atoms with Crippen LogP contribution in [-0.2, 0) is 19.6 Å². The molecule has 23 heavy (non-hydrogen) atoms. The van der Waals surface area contributed by atoms with Gasteiger partial charge in [0.05, 0.1) is 13.7 Å². The Bertz CT molecular complexity index is 926. The minimum Gasteiger partial charge on any atom is -0.493 e. The van der Waals surface area contributed by atoms with Crippen LogP contribution in [0.3, 0.4) is 0 Å². The second kappa shape index (κ2) is 5.25. The molecule has 0 unspecified atom stereocenters. The third-order valence-electron chi connectivity index (χ3n) is 4.55. The number of nitrogens with zero attached hydrogens (tertiary/aromatic N) is 1. The van der Waals surface area contributed by atoms with Gasteiger partial charge >= 0.3 is 0 Å². The van der Waals surface area contributed by atoms with Crippen molar-refractivity contribution in [3.63, 3.8) is 0 Å². The van der Waals surface area contributed by atoms with Crippen LogP contribution in [0.1, 0.15) is 11.1 Å². The van der Waals surface area contributed by atoms with E-state index in [-0.39, 0.29) is 12.0 Å². The molecule has 0 bridgehead atoms. The second-order valence-corrected chi connectivity index (χ2v) is 5.85. The third-order valence-corrected chi connectivity index (χ3v) is 4.55. The molecule has 1 aromatic rings. The van der Waals surface area contributed by atoms with E-state index in [0.717, 1.165) is 29.8 Å². The largest absolute Gasteiger partial charge is 0.493 e. The minimum absolute atomic E-state index is 0.0599. The number of fused-ring (bicyclic) bond motifs is 4. The van der Waals surface area contributed by atoms with Gasteiger partial charge in [-0.25, -0.2) is 0 Å². The summed E-state index contributed by atoms with van der Waals surface area (Å²) in [5, 5.41) is 9.30. The van der Waals surface area contributed by atoms with Crippen molar-refractivity contribution in [3.8, 4) is 28.1 Å². The number of ether oxygens (including phenoxy) is 1. The van der Waals surface area contributed by atoms with Crippen molar-refractivity contribution in [3.05, 3.63) is 63.9 Å². The predicted molar refractivity (Wildman–Crippen MR) is 88.9 cm³/mol. The van der Waals surface area contributed by atoms with Crippen molar-refractivity contribution in [2.24, 2.45) is 0 Å². The molecular formula is C19H17NO3. The Hall–Kier alpha value is -2.59. The highest BCUT2D eigenvalue weighted by molar-refractivity contribution is 5.75. The fraction of sp³-hybridized carbons (Fsp3) is 0.211. The van der Waals surface area contributed by atoms with Gasteiger partial charge in [-0.15, -0.1) is 0 Å². The summed E-state index contributed by atoms with van der Waals surface area (Å²) in [5.41, 5.74) is 5.98. The molecule has 0 amide bonds. The van der Waals surface area contributed by atoms with Crippen LogP contribution in [0.25, 0.3) is 22.4 Å². The maximum absolute atomic E-state index is 12.4. The summed E-state index contributed by atoms with van der Waals surface area (Å²) in [4.78, 5) is 12.4. The molecule has 4 heteroatoms. The van der Waals surface area contributed by atoms with Crippen molar-refractivity contribution in [1.82, 2.24) is 4.57 Å². The maximum Gasteiger partial charge on any atom is 0.229 e. The van der Waals surface area contributed by atoms with Crippen LogP contribution in [0.2, 0.25) is 0 Å². The molecule has 116 valence electrons. The third kappa shape index (κ3) is 2.14. The van der Waals surface area contributed by atoms with E-state index in [4.69, 9.17) is 4.74 Å². The van der Waals surface area contributed by atoms with Crippen LogP contribution in [0.4, 0.5) is 0 Å². The van der Waals surface area contributed by atoms with E-state index in [2.05, 4.69) is 22.8 Å². The number of hydrogen-bond donors (Lipinski definition) is 1. The summed E-state index contributed by atoms with van der Waals surface area (Å²) in [5.74, 6) is 0.377. The summed E-state index contributed by atoms with van der Waals surface area (Å²) in [6, 6.07) is 11.8. The molecule has 4 nitrogen and oxygen atoms in total. The van der Waals surface area contributed by atoms with E-state index in [1.807, 2.05) is 18.3 Å². The molecular weight excluding hydrogens is 290 g/mol. The van der Waals surface area contributed by atoms with Crippen LogP contribution in [0, 0.1) is 0 Å². The lowest BCUT2D eigenvalue weighted by Gasteiger charge is -2.25. The summed E-state index contributed by atoms with van der Waals surface area (Å²) >= 11 is 0. The number of aliphatic hydroxyl groups is 1. The topological polar surface area (TPSA) is 51.5 Å². The Morgan fingerprint density at radius 3 is 2.83 bits per heavy atom. The van der Waals surface area contributed by atoms with Gasteiger partial charge < -0.3 is 14.4 Å². The van der Waals surface area contributed by atoms with Crippen molar-refractivity contribution in [2.45, 2.75) is 19.6 Å². The fourth-order valence-corrected chi connectivity index (χ4v) is 3.33. The van der Waals surface area contributed by atoms with E-state index >= 15 is 0 Å². The Balaban J connectivity index is 1.95. The molecule has 2 aliphatic heterocycles. The first-order chi connectivity index (χ1) is 11.2. The zero-order valence-corrected chi connectivity index (χ0v) is 12.9. The van der Waals surface area contributed by atoms with Gasteiger partial charge in [0.25, 0.3) is 0 Å². The summed E-state index contributed by atoms with van der Waals surface area (Å²) in [6.45, 7) is 0.883. The quantitative estimate of drug-likeness (QED) is 0.792. The summed E-state index contributed by atoms with van der Waals surface area (Å²) in [7, 11) is 1.52. The first-order valence-corrected chi connectivity index (χ1v) is 7.65. The normalized spacial score (nSPS) is 12.8. The monoisotopic (exact) mass is 307 g/mol. The van der Waals surface area contributed by atoms with Crippen molar-refractivity contribution >= 4 is 0 Å². The highest BCUT2D eigenvalue weighted by atomic mass is 16.5. The Morgan fingerprint density at radius 2 is 2.04 bits per heavy atom. The number of aliphatic hydroxyl groups excluding tert-OH is 1. The van der Waals surface area contributed by atoms with E-state index in [1.54, 1.807) is 6.07 Å². The van der Waals surface area contributed by atoms with Gasteiger partial charge in [0.2, 0.25) is 5.43 Å². The molecule has 4 rings (SSSR count). The van der Waals surface area contributed by atoms with E-state index in [1.165, 1.54) is 18.2 Å². The summed E-state index contributed by atoms with van der Waals surface area (Å²) < 4.78 is 7.26. The molecule has 3 aliphatic rings. The molecule has 0 saturated heterocycles. The number of aromatic nitrogens is 1. The first kappa shape index (κ1) is 14.0. The highest BCUT2D eigenvalue weighted by Crippen LogP contribution is 2.34. The average molecular weight is 307 g/mol. The zero-order chi connectivity index (χ0) is 16.0. The predicted octanol–water partition coefficient (Wildman–Crippen LogP) is 2.68. The molecule has 1 aliphatic carbocycles. The number of aryl methyl sites for hydroxylation is 2. The van der Waals surface area contributed by atoms with Gasteiger partial charge in [-0.05, 0) is 35.2 Å². The Morgan fingerprint density at radius 1 is 1.17 bits per heavy atom. The Labute approximate surface area is 133 Å². The van der Waals surface area contributed by atoms with Gasteiger partial charge in [0.1, 0.15) is 0 Å². The van der Waals surface area contributed by atoms with Crippen molar-refractivity contribution < 1.29 is 9.84 Å². The molecule has 2 heterocycles. The molecule has 0 atom stereocenters. The fourth-order valence-electron chi connectivity index (χ4n) is 3.33. The maximum atomic E-state index is 12.4. The Kier molecular flexibility index (Phi) is 3.20. The number of rotatable bonds is 2. The van der Waals surface area contributed by atoms with E-state index in [9.17, 15) is 9.90 Å². The van der Waals surface area contributed by atoms with Crippen molar-refractivity contribution in [2.75, 3.05) is 7.11 Å². The second-order valence-electron chi connectivity index (χ2n) is 5.85. The van der Waals surface area contributed by atoms with Crippen LogP contribution in [0.5, 0.6) is 5.75 Å². The molecule has 1 aromatic carbocycles. The standard InChI is InChI=1S/C19H17NO3/c1-23-18-5-3-13-9-17-15-4-2-12(11-21)8-14(15)6-7-20(17)10-16(13)19(18)22/h2-5,8-10,21H,6-7,11H2,1H3. The SMILES string of the molecule is COc1ccc2cc3n(cc-2c1=O)CCc1cc(CO)ccc1-3. The average Bonchev–Trinajstić information content (AvgIpc) is 2.60. The minimum atomic E-state index is -0.0678. The smallest absolute Gasteiger partial charge is 0.229 e. The first-order valence-electron chi connectivity index (χ1n) is 7.65. The number of pyridine rings is 1. The highest BCUT2D eigenvalue weighted by Gasteiger charge is 2.19. The van der Waals surface area contributed by atoms with E-state index in [0.29, 0.717) is 11.3 Å². The van der Waals surface area contributed by atoms with Gasteiger partial charge in [-0.2, -0.15) is 0 Å². The van der Waals surface area contributed by atoms with E-state index < -0.39 is 0 Å². The van der Waals surface area contributed by atoms with Gasteiger partial charge in [0.15, 0.2) is 5.75 Å². The number of benzene rings is 2. The van der Waals surface area contributed by atoms with Crippen LogP contribution >= 0.6 is 0 Å². The molecule has 0 fully saturated rings. The lowest BCUT2D eigenvalue weighted by Crippen LogP contribution is -2.17. The zero-order valence-electron chi connectivity index (χ0n) is 12.9. The number of hydrogen-bond acceptors (Lipinski definition) is 3. The molecule has 1 N–H and O–H groups in total. The van der Waals surface area contributed by atoms with Crippen LogP contribution < -0.4 is 10.2 Å². The summed E-state index contributed by atoms with van der Waals surface area (Å²) in [6.07, 6.45) is 2.82. The van der Waals surface area contributed by atoms with Crippen LogP contribution in [-0.4, -0.2) is 16.8 Å². The molecule has 0 saturated carbocycles. The molecule has 0 spiro atoms. The molecule has 0 radical (unpaired) electrons. The van der Waals surface area contributed by atoms with Gasteiger partial charge in [-0.1, -0.05) is 24.3 Å². The van der Waals surface area contributed by atoms with Crippen LogP contribution in [0.15, 0.2) is 47.4 Å². The number of methoxy groups -OCH3 is 1. The van der Waals surface area contributed by atoms with Gasteiger partial charge in [0, 0.05) is 29.6 Å².